The topological polar surface area (TPSA) is 67.6 Å². The fraction of sp³-hybridized carbons (Fsp3) is 0.900. The summed E-state index contributed by atoms with van der Waals surface area (Å²) in [4.78, 5) is 12.8. The van der Waals surface area contributed by atoms with Crippen LogP contribution in [0.1, 0.15) is 12.8 Å². The zero-order valence-corrected chi connectivity index (χ0v) is 10.0. The first-order valence-corrected chi connectivity index (χ1v) is 5.83. The van der Waals surface area contributed by atoms with Crippen molar-refractivity contribution in [3.63, 3.8) is 0 Å². The molecule has 0 atom stereocenters. The number of carbonyl (C=O) groups is 1. The summed E-state index contributed by atoms with van der Waals surface area (Å²) in [7, 11) is 0. The minimum Gasteiger partial charge on any atom is -0.377 e. The molecule has 1 heterocycles. The predicted molar refractivity (Wildman–Crippen MR) is 59.1 cm³/mol. The molecule has 106 valence electrons. The van der Waals surface area contributed by atoms with Crippen LogP contribution in [0.2, 0.25) is 0 Å². The van der Waals surface area contributed by atoms with E-state index in [1.54, 1.807) is 0 Å². The number of alkyl halides is 3. The summed E-state index contributed by atoms with van der Waals surface area (Å²) in [6.45, 7) is 0.407. The van der Waals surface area contributed by atoms with Crippen molar-refractivity contribution in [3.05, 3.63) is 0 Å². The van der Waals surface area contributed by atoms with E-state index >= 15 is 0 Å². The molecule has 1 fully saturated rings. The molecule has 1 aliphatic heterocycles. The molecule has 0 aromatic rings. The predicted octanol–water partition coefficient (Wildman–Crippen LogP) is 0.698. The van der Waals surface area contributed by atoms with Crippen LogP contribution in [0.15, 0.2) is 0 Å². The van der Waals surface area contributed by atoms with Crippen molar-refractivity contribution >= 4 is 6.03 Å². The van der Waals surface area contributed by atoms with E-state index in [1.165, 1.54) is 4.90 Å². The van der Waals surface area contributed by atoms with Gasteiger partial charge in [-0.1, -0.05) is 0 Å². The van der Waals surface area contributed by atoms with Gasteiger partial charge in [-0.05, 0) is 12.8 Å². The van der Waals surface area contributed by atoms with Crippen LogP contribution in [0.4, 0.5) is 18.0 Å². The number of rotatable bonds is 4. The highest BCUT2D eigenvalue weighted by atomic mass is 19.4. The maximum atomic E-state index is 11.9. The number of nitrogens with zero attached hydrogens (tertiary/aromatic N) is 1. The summed E-state index contributed by atoms with van der Waals surface area (Å²) in [6.07, 6.45) is -3.09. The minimum absolute atomic E-state index is 0.0419. The van der Waals surface area contributed by atoms with Gasteiger partial charge in [-0.15, -0.1) is 0 Å². The molecule has 1 rings (SSSR count). The SMILES string of the molecule is NCCOC1CCN(C(=O)NCC(F)(F)F)CC1. The van der Waals surface area contributed by atoms with Crippen LogP contribution in [0, 0.1) is 0 Å². The average Bonchev–Trinajstić information content (AvgIpc) is 2.33. The molecule has 0 unspecified atom stereocenters. The summed E-state index contributed by atoms with van der Waals surface area (Å²) in [6, 6.07) is -0.676. The van der Waals surface area contributed by atoms with Crippen LogP contribution >= 0.6 is 0 Å². The highest BCUT2D eigenvalue weighted by Crippen LogP contribution is 2.15. The Morgan fingerprint density at radius 2 is 2.00 bits per heavy atom. The third-order valence-corrected chi connectivity index (χ3v) is 2.64. The lowest BCUT2D eigenvalue weighted by Crippen LogP contribution is -2.48. The second-order valence-corrected chi connectivity index (χ2v) is 4.12. The van der Waals surface area contributed by atoms with Crippen LogP contribution < -0.4 is 11.1 Å². The Morgan fingerprint density at radius 3 is 2.50 bits per heavy atom. The molecule has 8 heteroatoms. The number of likely N-dealkylation sites (tertiary alicyclic amines) is 1. The number of amides is 2. The first-order chi connectivity index (χ1) is 8.42. The Morgan fingerprint density at radius 1 is 1.39 bits per heavy atom. The van der Waals surface area contributed by atoms with Gasteiger partial charge in [0, 0.05) is 19.6 Å². The molecule has 1 saturated heterocycles. The molecule has 0 aromatic carbocycles. The highest BCUT2D eigenvalue weighted by molar-refractivity contribution is 5.74. The summed E-state index contributed by atoms with van der Waals surface area (Å²) in [5.41, 5.74) is 5.30. The number of nitrogens with one attached hydrogen (secondary N) is 1. The number of piperidine rings is 1. The quantitative estimate of drug-likeness (QED) is 0.789. The van der Waals surface area contributed by atoms with Gasteiger partial charge in [-0.2, -0.15) is 13.2 Å². The van der Waals surface area contributed by atoms with Crippen molar-refractivity contribution in [2.45, 2.75) is 25.1 Å². The maximum absolute atomic E-state index is 11.9. The molecular formula is C10H18F3N3O2. The molecule has 3 N–H and O–H groups in total. The highest BCUT2D eigenvalue weighted by Gasteiger charge is 2.30. The van der Waals surface area contributed by atoms with E-state index in [0.717, 1.165) is 0 Å². The number of ether oxygens (including phenoxy) is 1. The Kier molecular flexibility index (Phi) is 5.67. The van der Waals surface area contributed by atoms with Crippen molar-refractivity contribution in [1.82, 2.24) is 10.2 Å². The summed E-state index contributed by atoms with van der Waals surface area (Å²) >= 11 is 0. The second-order valence-electron chi connectivity index (χ2n) is 4.12. The Hall–Kier alpha value is -1.02. The van der Waals surface area contributed by atoms with Crippen LogP contribution in [0.5, 0.6) is 0 Å². The van der Waals surface area contributed by atoms with E-state index in [9.17, 15) is 18.0 Å². The first kappa shape index (κ1) is 15.0. The van der Waals surface area contributed by atoms with Gasteiger partial charge in [0.15, 0.2) is 0 Å². The van der Waals surface area contributed by atoms with E-state index in [2.05, 4.69) is 0 Å². The standard InChI is InChI=1S/C10H18F3N3O2/c11-10(12,13)7-15-9(17)16-4-1-8(2-5-16)18-6-3-14/h8H,1-7,14H2,(H,15,17). The van der Waals surface area contributed by atoms with E-state index in [0.29, 0.717) is 39.1 Å². The average molecular weight is 269 g/mol. The van der Waals surface area contributed by atoms with Crippen molar-refractivity contribution in [2.24, 2.45) is 5.73 Å². The third-order valence-electron chi connectivity index (χ3n) is 2.64. The van der Waals surface area contributed by atoms with Crippen molar-refractivity contribution < 1.29 is 22.7 Å². The normalized spacial score (nSPS) is 17.9. The molecule has 0 spiro atoms. The molecule has 0 radical (unpaired) electrons. The van der Waals surface area contributed by atoms with E-state index in [-0.39, 0.29) is 6.10 Å². The van der Waals surface area contributed by atoms with Crippen LogP contribution in [0.25, 0.3) is 0 Å². The lowest BCUT2D eigenvalue weighted by molar-refractivity contribution is -0.123. The Bertz CT molecular complexity index is 266. The second kappa shape index (κ2) is 6.79. The van der Waals surface area contributed by atoms with Gasteiger partial charge in [0.25, 0.3) is 0 Å². The van der Waals surface area contributed by atoms with Gasteiger partial charge in [0.05, 0.1) is 12.7 Å². The minimum atomic E-state index is -4.38. The number of urea groups is 1. The molecule has 0 aromatic heterocycles. The molecule has 0 saturated carbocycles. The zero-order valence-electron chi connectivity index (χ0n) is 10.0. The Labute approximate surface area is 103 Å². The zero-order chi connectivity index (χ0) is 13.6. The van der Waals surface area contributed by atoms with Crippen LogP contribution in [-0.2, 0) is 4.74 Å². The number of nitrogens with two attached hydrogens (primary N) is 1. The molecule has 0 aliphatic carbocycles. The van der Waals surface area contributed by atoms with E-state index in [4.69, 9.17) is 10.5 Å². The fourth-order valence-corrected chi connectivity index (χ4v) is 1.75. The lowest BCUT2D eigenvalue weighted by atomic mass is 10.1. The van der Waals surface area contributed by atoms with Crippen molar-refractivity contribution in [2.75, 3.05) is 32.8 Å². The number of carbonyl (C=O) groups excluding carboxylic acids is 1. The van der Waals surface area contributed by atoms with Crippen LogP contribution in [-0.4, -0.2) is 56.0 Å². The number of hydrogen-bond donors (Lipinski definition) is 2. The lowest BCUT2D eigenvalue weighted by Gasteiger charge is -2.32. The first-order valence-electron chi connectivity index (χ1n) is 5.83. The summed E-state index contributed by atoms with van der Waals surface area (Å²) < 4.78 is 41.2. The molecule has 1 aliphatic rings. The monoisotopic (exact) mass is 269 g/mol. The van der Waals surface area contributed by atoms with Gasteiger partial charge < -0.3 is 20.7 Å². The van der Waals surface area contributed by atoms with Gasteiger partial charge in [0.2, 0.25) is 0 Å². The fourth-order valence-electron chi connectivity index (χ4n) is 1.75. The summed E-state index contributed by atoms with van der Waals surface area (Å²) in [5.74, 6) is 0. The van der Waals surface area contributed by atoms with Gasteiger partial charge >= 0.3 is 12.2 Å². The smallest absolute Gasteiger partial charge is 0.377 e. The van der Waals surface area contributed by atoms with Crippen LogP contribution in [0.3, 0.4) is 0 Å². The third kappa shape index (κ3) is 5.54. The Balaban J connectivity index is 2.23. The number of halogens is 3. The molecule has 0 bridgehead atoms. The van der Waals surface area contributed by atoms with Crippen molar-refractivity contribution in [1.29, 1.82) is 0 Å². The van der Waals surface area contributed by atoms with Gasteiger partial charge in [-0.3, -0.25) is 0 Å². The molecule has 18 heavy (non-hydrogen) atoms. The molecular weight excluding hydrogens is 251 g/mol. The number of hydrogen-bond acceptors (Lipinski definition) is 3. The van der Waals surface area contributed by atoms with E-state index < -0.39 is 18.8 Å². The largest absolute Gasteiger partial charge is 0.405 e. The molecule has 2 amide bonds. The summed E-state index contributed by atoms with van der Waals surface area (Å²) in [5, 5.41) is 1.85. The maximum Gasteiger partial charge on any atom is 0.405 e. The van der Waals surface area contributed by atoms with Gasteiger partial charge in [-0.25, -0.2) is 4.79 Å². The van der Waals surface area contributed by atoms with Gasteiger partial charge in [0.1, 0.15) is 6.54 Å². The molecule has 5 nitrogen and oxygen atoms in total. The van der Waals surface area contributed by atoms with Crippen molar-refractivity contribution in [3.8, 4) is 0 Å². The van der Waals surface area contributed by atoms with E-state index in [1.807, 2.05) is 5.32 Å².